The minimum atomic E-state index is -3.21. The quantitative estimate of drug-likeness (QED) is 0.841. The highest BCUT2D eigenvalue weighted by molar-refractivity contribution is 7.88. The third-order valence-corrected chi connectivity index (χ3v) is 3.95. The summed E-state index contributed by atoms with van der Waals surface area (Å²) in [5, 5.41) is 0.653. The molecule has 19 heavy (non-hydrogen) atoms. The van der Waals surface area contributed by atoms with Gasteiger partial charge in [0.15, 0.2) is 0 Å². The predicted molar refractivity (Wildman–Crippen MR) is 75.7 cm³/mol. The smallest absolute Gasteiger partial charge is 0.208 e. The van der Waals surface area contributed by atoms with Gasteiger partial charge < -0.3 is 4.74 Å². The molecule has 4 nitrogen and oxygen atoms in total. The Morgan fingerprint density at radius 3 is 2.53 bits per heavy atom. The Morgan fingerprint density at radius 2 is 2.00 bits per heavy atom. The molecule has 0 radical (unpaired) electrons. The van der Waals surface area contributed by atoms with Crippen molar-refractivity contribution >= 4 is 21.6 Å². The molecule has 0 amide bonds. The molecule has 106 valence electrons. The van der Waals surface area contributed by atoms with E-state index in [0.717, 1.165) is 11.8 Å². The van der Waals surface area contributed by atoms with Crippen molar-refractivity contribution in [1.29, 1.82) is 0 Å². The summed E-state index contributed by atoms with van der Waals surface area (Å²) >= 11 is 5.85. The molecule has 1 fully saturated rings. The molecule has 0 heterocycles. The number of benzene rings is 1. The van der Waals surface area contributed by atoms with Crippen molar-refractivity contribution in [3.8, 4) is 0 Å². The van der Waals surface area contributed by atoms with Crippen LogP contribution in [0.15, 0.2) is 24.3 Å². The maximum atomic E-state index is 11.2. The Hall–Kier alpha value is -0.620. The number of halogens is 1. The van der Waals surface area contributed by atoms with Gasteiger partial charge in [0.05, 0.1) is 19.0 Å². The maximum Gasteiger partial charge on any atom is 0.208 e. The lowest BCUT2D eigenvalue weighted by Crippen LogP contribution is -2.28. The van der Waals surface area contributed by atoms with E-state index in [9.17, 15) is 8.42 Å². The number of rotatable bonds is 7. The highest BCUT2D eigenvalue weighted by atomic mass is 35.5. The van der Waals surface area contributed by atoms with Gasteiger partial charge in [-0.3, -0.25) is 0 Å². The van der Waals surface area contributed by atoms with Crippen LogP contribution in [0.3, 0.4) is 0 Å². The van der Waals surface area contributed by atoms with Crippen molar-refractivity contribution < 1.29 is 13.2 Å². The third kappa shape index (κ3) is 5.48. The van der Waals surface area contributed by atoms with Gasteiger partial charge in [-0.2, -0.15) is 0 Å². The first-order chi connectivity index (χ1) is 8.94. The van der Waals surface area contributed by atoms with Crippen LogP contribution in [-0.2, 0) is 14.8 Å². The van der Waals surface area contributed by atoms with Crippen LogP contribution in [0, 0.1) is 5.92 Å². The molecule has 1 unspecified atom stereocenters. The van der Waals surface area contributed by atoms with Gasteiger partial charge in [0.1, 0.15) is 0 Å². The molecule has 2 rings (SSSR count). The van der Waals surface area contributed by atoms with Crippen LogP contribution in [0.25, 0.3) is 0 Å². The van der Waals surface area contributed by atoms with Crippen LogP contribution < -0.4 is 4.72 Å². The average Bonchev–Trinajstić information content (AvgIpc) is 3.13. The summed E-state index contributed by atoms with van der Waals surface area (Å²) in [6.07, 6.45) is 3.28. The maximum absolute atomic E-state index is 11.2. The van der Waals surface area contributed by atoms with Gasteiger partial charge in [0, 0.05) is 11.6 Å². The Balaban J connectivity index is 2.01. The van der Waals surface area contributed by atoms with E-state index in [-0.39, 0.29) is 12.6 Å². The normalized spacial score (nSPS) is 17.4. The molecule has 1 aliphatic rings. The number of nitrogens with one attached hydrogen (secondary N) is 1. The molecule has 1 saturated carbocycles. The third-order valence-electron chi connectivity index (χ3n) is 3.00. The van der Waals surface area contributed by atoms with E-state index in [2.05, 4.69) is 4.72 Å². The van der Waals surface area contributed by atoms with Crippen molar-refractivity contribution in [2.75, 3.05) is 19.4 Å². The van der Waals surface area contributed by atoms with Gasteiger partial charge in [-0.1, -0.05) is 23.7 Å². The first-order valence-electron chi connectivity index (χ1n) is 6.26. The summed E-state index contributed by atoms with van der Waals surface area (Å²) in [6.45, 7) is 0.923. The Morgan fingerprint density at radius 1 is 1.37 bits per heavy atom. The topological polar surface area (TPSA) is 55.4 Å². The molecular weight excluding hydrogens is 286 g/mol. The van der Waals surface area contributed by atoms with Crippen LogP contribution in [-0.4, -0.2) is 27.8 Å². The molecule has 0 bridgehead atoms. The second kappa shape index (κ2) is 6.22. The molecular formula is C13H18ClNO3S. The lowest BCUT2D eigenvalue weighted by molar-refractivity contribution is 0.0487. The summed E-state index contributed by atoms with van der Waals surface area (Å²) in [5.41, 5.74) is 0.932. The number of hydrogen-bond acceptors (Lipinski definition) is 3. The minimum Gasteiger partial charge on any atom is -0.372 e. The zero-order valence-corrected chi connectivity index (χ0v) is 12.4. The van der Waals surface area contributed by atoms with E-state index < -0.39 is 10.0 Å². The van der Waals surface area contributed by atoms with Crippen molar-refractivity contribution in [1.82, 2.24) is 4.72 Å². The van der Waals surface area contributed by atoms with E-state index in [1.54, 1.807) is 12.1 Å². The van der Waals surface area contributed by atoms with Crippen LogP contribution in [0.1, 0.15) is 24.5 Å². The molecule has 0 aliphatic heterocycles. The van der Waals surface area contributed by atoms with E-state index in [4.69, 9.17) is 16.3 Å². The van der Waals surface area contributed by atoms with Crippen molar-refractivity contribution in [3.63, 3.8) is 0 Å². The van der Waals surface area contributed by atoms with Gasteiger partial charge in [-0.15, -0.1) is 0 Å². The van der Waals surface area contributed by atoms with Crippen molar-refractivity contribution in [3.05, 3.63) is 34.9 Å². The lowest BCUT2D eigenvalue weighted by atomic mass is 10.1. The van der Waals surface area contributed by atoms with Crippen LogP contribution >= 0.6 is 11.6 Å². The summed E-state index contributed by atoms with van der Waals surface area (Å²) in [5.74, 6) is 0.632. The van der Waals surface area contributed by atoms with E-state index in [1.807, 2.05) is 12.1 Å². The molecule has 0 aromatic heterocycles. The number of hydrogen-bond donors (Lipinski definition) is 1. The molecule has 6 heteroatoms. The fraction of sp³-hybridized carbons (Fsp3) is 0.538. The Bertz CT molecular complexity index is 511. The van der Waals surface area contributed by atoms with Crippen LogP contribution in [0.4, 0.5) is 0 Å². The van der Waals surface area contributed by atoms with Crippen molar-refractivity contribution in [2.45, 2.75) is 18.9 Å². The Labute approximate surface area is 119 Å². The zero-order valence-electron chi connectivity index (χ0n) is 10.8. The fourth-order valence-electron chi connectivity index (χ4n) is 1.71. The second-order valence-corrected chi connectivity index (χ2v) is 7.21. The Kier molecular flexibility index (Phi) is 4.84. The lowest BCUT2D eigenvalue weighted by Gasteiger charge is -2.18. The summed E-state index contributed by atoms with van der Waals surface area (Å²) in [7, 11) is -3.21. The first kappa shape index (κ1) is 14.8. The molecule has 0 saturated heterocycles. The van der Waals surface area contributed by atoms with Gasteiger partial charge >= 0.3 is 0 Å². The van der Waals surface area contributed by atoms with Gasteiger partial charge in [0.25, 0.3) is 0 Å². The van der Waals surface area contributed by atoms with Gasteiger partial charge in [-0.05, 0) is 36.5 Å². The average molecular weight is 304 g/mol. The summed E-state index contributed by atoms with van der Waals surface area (Å²) < 4.78 is 30.7. The van der Waals surface area contributed by atoms with E-state index in [1.165, 1.54) is 12.8 Å². The monoisotopic (exact) mass is 303 g/mol. The predicted octanol–water partition coefficient (Wildman–Crippen LogP) is 2.36. The number of sulfonamides is 1. The number of ether oxygens (including phenoxy) is 1. The van der Waals surface area contributed by atoms with Crippen LogP contribution in [0.5, 0.6) is 0 Å². The first-order valence-corrected chi connectivity index (χ1v) is 8.53. The van der Waals surface area contributed by atoms with E-state index >= 15 is 0 Å². The molecule has 1 N–H and O–H groups in total. The second-order valence-electron chi connectivity index (χ2n) is 4.94. The molecule has 1 aromatic carbocycles. The van der Waals surface area contributed by atoms with E-state index in [0.29, 0.717) is 17.5 Å². The largest absolute Gasteiger partial charge is 0.372 e. The summed E-state index contributed by atoms with van der Waals surface area (Å²) in [4.78, 5) is 0. The molecule has 1 atom stereocenters. The van der Waals surface area contributed by atoms with Crippen molar-refractivity contribution in [2.24, 2.45) is 5.92 Å². The van der Waals surface area contributed by atoms with Crippen LogP contribution in [0.2, 0.25) is 5.02 Å². The molecule has 0 spiro atoms. The van der Waals surface area contributed by atoms with Gasteiger partial charge in [-0.25, -0.2) is 13.1 Å². The SMILES string of the molecule is CS(=O)(=O)NCC(OCC1CC1)c1ccc(Cl)cc1. The zero-order chi connectivity index (χ0) is 13.9. The fourth-order valence-corrected chi connectivity index (χ4v) is 2.29. The highest BCUT2D eigenvalue weighted by Gasteiger charge is 2.24. The highest BCUT2D eigenvalue weighted by Crippen LogP contribution is 2.31. The molecule has 1 aromatic rings. The molecule has 1 aliphatic carbocycles. The minimum absolute atomic E-state index is 0.243. The van der Waals surface area contributed by atoms with Gasteiger partial charge in [0.2, 0.25) is 10.0 Å². The summed E-state index contributed by atoms with van der Waals surface area (Å²) in [6, 6.07) is 7.29. The standard InChI is InChI=1S/C13H18ClNO3S/c1-19(16,17)15-8-13(18-9-10-2-3-10)11-4-6-12(14)7-5-11/h4-7,10,13,15H,2-3,8-9H2,1H3.